The molecule has 0 saturated carbocycles. The molecule has 1 heterocycles. The van der Waals surface area contributed by atoms with Gasteiger partial charge >= 0.3 is 0 Å². The van der Waals surface area contributed by atoms with Crippen molar-refractivity contribution in [1.29, 1.82) is 0 Å². The molecule has 0 aliphatic carbocycles. The molecule has 20 heavy (non-hydrogen) atoms. The molecule has 1 aliphatic heterocycles. The average molecular weight is 285 g/mol. The van der Waals surface area contributed by atoms with Gasteiger partial charge in [-0.3, -0.25) is 0 Å². The van der Waals surface area contributed by atoms with Crippen molar-refractivity contribution in [2.45, 2.75) is 25.8 Å². The van der Waals surface area contributed by atoms with Gasteiger partial charge in [-0.2, -0.15) is 0 Å². The molecule has 0 amide bonds. The lowest BCUT2D eigenvalue weighted by atomic mass is 10.0. The van der Waals surface area contributed by atoms with Crippen LogP contribution in [0.4, 0.5) is 8.78 Å². The van der Waals surface area contributed by atoms with E-state index in [1.807, 2.05) is 12.1 Å². The molecule has 1 aromatic rings. The normalized spacial score (nSPS) is 19.2. The number of hydrogen-bond donors (Lipinski definition) is 1. The van der Waals surface area contributed by atoms with Crippen LogP contribution in [0.15, 0.2) is 24.3 Å². The number of hydrogen-bond acceptors (Lipinski definition) is 3. The highest BCUT2D eigenvalue weighted by atomic mass is 19.3. The first-order valence-corrected chi connectivity index (χ1v) is 7.02. The molecule has 0 radical (unpaired) electrons. The molecular weight excluding hydrogens is 264 g/mol. The van der Waals surface area contributed by atoms with E-state index in [4.69, 9.17) is 9.47 Å². The van der Waals surface area contributed by atoms with Crippen LogP contribution in [-0.2, 0) is 11.3 Å². The monoisotopic (exact) mass is 285 g/mol. The summed E-state index contributed by atoms with van der Waals surface area (Å²) in [5.41, 5.74) is 1.12. The van der Waals surface area contributed by atoms with Crippen LogP contribution in [0.2, 0.25) is 0 Å². The predicted molar refractivity (Wildman–Crippen MR) is 73.2 cm³/mol. The van der Waals surface area contributed by atoms with Crippen molar-refractivity contribution in [3.8, 4) is 5.75 Å². The zero-order valence-electron chi connectivity index (χ0n) is 11.5. The van der Waals surface area contributed by atoms with Gasteiger partial charge in [0.25, 0.3) is 6.43 Å². The highest BCUT2D eigenvalue weighted by molar-refractivity contribution is 5.27. The zero-order chi connectivity index (χ0) is 14.2. The van der Waals surface area contributed by atoms with Crippen LogP contribution >= 0.6 is 0 Å². The van der Waals surface area contributed by atoms with Gasteiger partial charge in [0.15, 0.2) is 0 Å². The van der Waals surface area contributed by atoms with E-state index in [-0.39, 0.29) is 0 Å². The van der Waals surface area contributed by atoms with Crippen molar-refractivity contribution in [1.82, 2.24) is 5.32 Å². The lowest BCUT2D eigenvalue weighted by Crippen LogP contribution is -2.28. The smallest absolute Gasteiger partial charge is 0.272 e. The van der Waals surface area contributed by atoms with Crippen LogP contribution in [0, 0.1) is 5.92 Å². The number of halogens is 2. The summed E-state index contributed by atoms with van der Waals surface area (Å²) in [7, 11) is 0. The van der Waals surface area contributed by atoms with Crippen molar-refractivity contribution in [3.05, 3.63) is 29.8 Å². The maximum absolute atomic E-state index is 12.0. The fraction of sp³-hybridized carbons (Fsp3) is 0.600. The number of nitrogens with one attached hydrogen (secondary N) is 1. The molecule has 1 aromatic carbocycles. The van der Waals surface area contributed by atoms with E-state index in [0.29, 0.717) is 11.7 Å². The van der Waals surface area contributed by atoms with E-state index < -0.39 is 13.0 Å². The SMILES string of the molecule is FC(F)COc1ccc(CNCC2CCCOC2)cc1. The molecule has 0 spiro atoms. The van der Waals surface area contributed by atoms with Crippen LogP contribution in [-0.4, -0.2) is 32.8 Å². The van der Waals surface area contributed by atoms with E-state index in [1.165, 1.54) is 6.42 Å². The molecule has 0 aromatic heterocycles. The molecule has 3 nitrogen and oxygen atoms in total. The first-order valence-electron chi connectivity index (χ1n) is 7.02. The Morgan fingerprint density at radius 1 is 1.30 bits per heavy atom. The van der Waals surface area contributed by atoms with Crippen molar-refractivity contribution in [2.75, 3.05) is 26.4 Å². The summed E-state index contributed by atoms with van der Waals surface area (Å²) in [5.74, 6) is 1.08. The molecule has 2 rings (SSSR count). The minimum Gasteiger partial charge on any atom is -0.488 e. The highest BCUT2D eigenvalue weighted by Crippen LogP contribution is 2.14. The second-order valence-corrected chi connectivity index (χ2v) is 5.06. The van der Waals surface area contributed by atoms with Gasteiger partial charge in [-0.05, 0) is 36.5 Å². The second-order valence-electron chi connectivity index (χ2n) is 5.06. The Morgan fingerprint density at radius 3 is 2.75 bits per heavy atom. The molecule has 1 atom stereocenters. The van der Waals surface area contributed by atoms with E-state index in [0.717, 1.165) is 38.3 Å². The largest absolute Gasteiger partial charge is 0.488 e. The lowest BCUT2D eigenvalue weighted by molar-refractivity contribution is 0.0547. The first kappa shape index (κ1) is 15.2. The molecule has 1 unspecified atom stereocenters. The van der Waals surface area contributed by atoms with Gasteiger partial charge in [-0.15, -0.1) is 0 Å². The number of alkyl halides is 2. The van der Waals surface area contributed by atoms with Crippen molar-refractivity contribution < 1.29 is 18.3 Å². The number of ether oxygens (including phenoxy) is 2. The molecule has 1 N–H and O–H groups in total. The van der Waals surface area contributed by atoms with Crippen LogP contribution in [0.5, 0.6) is 5.75 Å². The molecular formula is C15H21F2NO2. The van der Waals surface area contributed by atoms with E-state index in [2.05, 4.69) is 5.32 Å². The molecule has 5 heteroatoms. The van der Waals surface area contributed by atoms with Gasteiger partial charge in [0.1, 0.15) is 12.4 Å². The van der Waals surface area contributed by atoms with Gasteiger partial charge in [0.2, 0.25) is 0 Å². The van der Waals surface area contributed by atoms with Gasteiger partial charge in [-0.25, -0.2) is 8.78 Å². The summed E-state index contributed by atoms with van der Waals surface area (Å²) in [6.45, 7) is 2.89. The third-order valence-corrected chi connectivity index (χ3v) is 3.32. The van der Waals surface area contributed by atoms with E-state index >= 15 is 0 Å². The fourth-order valence-electron chi connectivity index (χ4n) is 2.25. The Hall–Kier alpha value is -1.20. The topological polar surface area (TPSA) is 30.5 Å². The summed E-state index contributed by atoms with van der Waals surface area (Å²) in [6, 6.07) is 7.24. The molecule has 1 aliphatic rings. The number of benzene rings is 1. The predicted octanol–water partition coefficient (Wildman–Crippen LogP) is 2.85. The summed E-state index contributed by atoms with van der Waals surface area (Å²) in [5, 5.41) is 3.40. The molecule has 112 valence electrons. The minimum absolute atomic E-state index is 0.481. The van der Waals surface area contributed by atoms with Gasteiger partial charge in [0.05, 0.1) is 6.61 Å². The first-order chi connectivity index (χ1) is 9.74. The summed E-state index contributed by atoms with van der Waals surface area (Å²) in [4.78, 5) is 0. The average Bonchev–Trinajstić information content (AvgIpc) is 2.47. The Labute approximate surface area is 118 Å². The Balaban J connectivity index is 1.67. The molecule has 1 fully saturated rings. The zero-order valence-corrected chi connectivity index (χ0v) is 11.5. The quantitative estimate of drug-likeness (QED) is 0.835. The van der Waals surface area contributed by atoms with Crippen LogP contribution in [0.1, 0.15) is 18.4 Å². The van der Waals surface area contributed by atoms with E-state index in [9.17, 15) is 8.78 Å². The van der Waals surface area contributed by atoms with Crippen molar-refractivity contribution in [2.24, 2.45) is 5.92 Å². The third kappa shape index (κ3) is 5.43. The summed E-state index contributed by atoms with van der Waals surface area (Å²) >= 11 is 0. The van der Waals surface area contributed by atoms with Crippen molar-refractivity contribution in [3.63, 3.8) is 0 Å². The van der Waals surface area contributed by atoms with Crippen LogP contribution in [0.3, 0.4) is 0 Å². The Kier molecular flexibility index (Phi) is 6.21. The van der Waals surface area contributed by atoms with Gasteiger partial charge in [-0.1, -0.05) is 12.1 Å². The maximum Gasteiger partial charge on any atom is 0.272 e. The standard InChI is InChI=1S/C15H21F2NO2/c16-15(17)11-20-14-5-3-12(4-6-14)8-18-9-13-2-1-7-19-10-13/h3-6,13,15,18H,1-2,7-11H2. The molecule has 1 saturated heterocycles. The summed E-state index contributed by atoms with van der Waals surface area (Å²) in [6.07, 6.45) is -0.0790. The Morgan fingerprint density at radius 2 is 2.10 bits per heavy atom. The third-order valence-electron chi connectivity index (χ3n) is 3.32. The summed E-state index contributed by atoms with van der Waals surface area (Å²) < 4.78 is 34.4. The van der Waals surface area contributed by atoms with Gasteiger partial charge in [0, 0.05) is 19.7 Å². The van der Waals surface area contributed by atoms with Crippen molar-refractivity contribution >= 4 is 0 Å². The lowest BCUT2D eigenvalue weighted by Gasteiger charge is -2.22. The minimum atomic E-state index is -2.44. The fourth-order valence-corrected chi connectivity index (χ4v) is 2.25. The second kappa shape index (κ2) is 8.17. The molecule has 0 bridgehead atoms. The van der Waals surface area contributed by atoms with Crippen LogP contribution < -0.4 is 10.1 Å². The van der Waals surface area contributed by atoms with E-state index in [1.54, 1.807) is 12.1 Å². The maximum atomic E-state index is 12.0. The van der Waals surface area contributed by atoms with Gasteiger partial charge < -0.3 is 14.8 Å². The number of rotatable bonds is 7. The highest BCUT2D eigenvalue weighted by Gasteiger charge is 2.12. The van der Waals surface area contributed by atoms with Crippen LogP contribution in [0.25, 0.3) is 0 Å². The Bertz CT molecular complexity index is 378.